The molecule has 1 aliphatic heterocycles. The Hall–Kier alpha value is -3.03. The minimum absolute atomic E-state index is 0.0827. The first-order chi connectivity index (χ1) is 15.4. The Bertz CT molecular complexity index is 919. The summed E-state index contributed by atoms with van der Waals surface area (Å²) in [4.78, 5) is 38.3. The van der Waals surface area contributed by atoms with Crippen LogP contribution >= 0.6 is 0 Å². The number of carbonyl (C=O) groups excluding carboxylic acids is 3. The van der Waals surface area contributed by atoms with Crippen molar-refractivity contribution < 1.29 is 24.6 Å². The zero-order valence-corrected chi connectivity index (χ0v) is 18.2. The SMILES string of the molecule is C[C@@H](O)[C@H](NC(=O)N1CCC(c2ccc(C(=O)Cc3ccccc3)cc2)CC1)C(=O)CO. The van der Waals surface area contributed by atoms with E-state index in [1.54, 1.807) is 4.90 Å². The molecule has 1 aliphatic rings. The van der Waals surface area contributed by atoms with Gasteiger partial charge in [0, 0.05) is 25.1 Å². The first-order valence-electron chi connectivity index (χ1n) is 10.9. The molecule has 0 aliphatic carbocycles. The Labute approximate surface area is 188 Å². The maximum Gasteiger partial charge on any atom is 0.318 e. The third-order valence-corrected chi connectivity index (χ3v) is 5.96. The molecule has 7 nitrogen and oxygen atoms in total. The molecule has 2 aromatic rings. The number of benzene rings is 2. The predicted octanol–water partition coefficient (Wildman–Crippen LogP) is 2.31. The second-order valence-electron chi connectivity index (χ2n) is 8.26. The highest BCUT2D eigenvalue weighted by atomic mass is 16.3. The van der Waals surface area contributed by atoms with E-state index in [4.69, 9.17) is 5.11 Å². The molecule has 1 heterocycles. The molecular weight excluding hydrogens is 408 g/mol. The van der Waals surface area contributed by atoms with E-state index < -0.39 is 30.6 Å². The summed E-state index contributed by atoms with van der Waals surface area (Å²) >= 11 is 0. The lowest BCUT2D eigenvalue weighted by atomic mass is 9.88. The van der Waals surface area contributed by atoms with E-state index in [-0.39, 0.29) is 11.7 Å². The molecule has 0 radical (unpaired) electrons. The Kier molecular flexibility index (Phi) is 8.14. The summed E-state index contributed by atoms with van der Waals surface area (Å²) in [5, 5.41) is 21.2. The van der Waals surface area contributed by atoms with E-state index in [0.717, 1.165) is 24.0 Å². The topological polar surface area (TPSA) is 107 Å². The van der Waals surface area contributed by atoms with Crippen LogP contribution in [0.5, 0.6) is 0 Å². The lowest BCUT2D eigenvalue weighted by molar-refractivity contribution is -0.125. The van der Waals surface area contributed by atoms with Gasteiger partial charge in [0.25, 0.3) is 0 Å². The van der Waals surface area contributed by atoms with Gasteiger partial charge in [0.1, 0.15) is 12.6 Å². The number of amides is 2. The van der Waals surface area contributed by atoms with Crippen molar-refractivity contribution in [3.63, 3.8) is 0 Å². The van der Waals surface area contributed by atoms with Gasteiger partial charge in [-0.3, -0.25) is 9.59 Å². The van der Waals surface area contributed by atoms with E-state index >= 15 is 0 Å². The number of urea groups is 1. The molecule has 170 valence electrons. The van der Waals surface area contributed by atoms with Crippen molar-refractivity contribution in [2.45, 2.75) is 44.2 Å². The van der Waals surface area contributed by atoms with Crippen LogP contribution in [-0.4, -0.2) is 64.6 Å². The predicted molar refractivity (Wildman–Crippen MR) is 121 cm³/mol. The van der Waals surface area contributed by atoms with E-state index in [1.165, 1.54) is 6.92 Å². The fourth-order valence-electron chi connectivity index (χ4n) is 4.03. The van der Waals surface area contributed by atoms with Gasteiger partial charge < -0.3 is 20.4 Å². The monoisotopic (exact) mass is 438 g/mol. The number of nitrogens with zero attached hydrogens (tertiary/aromatic N) is 1. The number of rotatable bonds is 8. The lowest BCUT2D eigenvalue weighted by Gasteiger charge is -2.33. The molecule has 3 N–H and O–H groups in total. The molecule has 0 aromatic heterocycles. The third-order valence-electron chi connectivity index (χ3n) is 5.96. The highest BCUT2D eigenvalue weighted by Crippen LogP contribution is 2.28. The molecule has 1 fully saturated rings. The summed E-state index contributed by atoms with van der Waals surface area (Å²) in [6.45, 7) is 1.71. The second-order valence-corrected chi connectivity index (χ2v) is 8.26. The van der Waals surface area contributed by atoms with Crippen LogP contribution in [0.25, 0.3) is 0 Å². The molecule has 3 rings (SSSR count). The Morgan fingerprint density at radius 3 is 2.22 bits per heavy atom. The smallest absolute Gasteiger partial charge is 0.318 e. The van der Waals surface area contributed by atoms with Gasteiger partial charge in [0.2, 0.25) is 0 Å². The average Bonchev–Trinajstić information content (AvgIpc) is 2.82. The van der Waals surface area contributed by atoms with Crippen LogP contribution in [0.3, 0.4) is 0 Å². The number of Topliss-reactive ketones (excluding diaryl/α,β-unsaturated/α-hetero) is 2. The van der Waals surface area contributed by atoms with Crippen LogP contribution in [0, 0.1) is 0 Å². The van der Waals surface area contributed by atoms with Gasteiger partial charge in [-0.1, -0.05) is 54.6 Å². The van der Waals surface area contributed by atoms with E-state index in [9.17, 15) is 19.5 Å². The minimum Gasteiger partial charge on any atom is -0.391 e. The van der Waals surface area contributed by atoms with Crippen molar-refractivity contribution >= 4 is 17.6 Å². The van der Waals surface area contributed by atoms with Crippen LogP contribution in [0.2, 0.25) is 0 Å². The fourth-order valence-corrected chi connectivity index (χ4v) is 4.03. The lowest BCUT2D eigenvalue weighted by Crippen LogP contribution is -2.54. The third kappa shape index (κ3) is 6.02. The summed E-state index contributed by atoms with van der Waals surface area (Å²) in [6, 6.07) is 15.8. The summed E-state index contributed by atoms with van der Waals surface area (Å²) in [6.07, 6.45) is 0.815. The molecule has 1 saturated heterocycles. The largest absolute Gasteiger partial charge is 0.391 e. The zero-order valence-electron chi connectivity index (χ0n) is 18.2. The second kappa shape index (κ2) is 11.0. The molecule has 0 unspecified atom stereocenters. The Morgan fingerprint density at radius 1 is 1.03 bits per heavy atom. The molecule has 2 atom stereocenters. The van der Waals surface area contributed by atoms with Crippen molar-refractivity contribution in [2.24, 2.45) is 0 Å². The molecule has 0 saturated carbocycles. The van der Waals surface area contributed by atoms with Crippen LogP contribution in [0.15, 0.2) is 54.6 Å². The summed E-state index contributed by atoms with van der Waals surface area (Å²) in [7, 11) is 0. The van der Waals surface area contributed by atoms with Crippen LogP contribution in [0.1, 0.15) is 47.2 Å². The molecule has 0 bridgehead atoms. The van der Waals surface area contributed by atoms with Gasteiger partial charge in [0.05, 0.1) is 6.10 Å². The van der Waals surface area contributed by atoms with Crippen molar-refractivity contribution in [1.29, 1.82) is 0 Å². The van der Waals surface area contributed by atoms with Crippen molar-refractivity contribution in [3.05, 3.63) is 71.3 Å². The molecule has 7 heteroatoms. The molecular formula is C25H30N2O5. The molecule has 0 spiro atoms. The fraction of sp³-hybridized carbons (Fsp3) is 0.400. The standard InChI is InChI=1S/C25H30N2O5/c1-17(29)24(23(31)16-28)26-25(32)27-13-11-20(12-14-27)19-7-9-21(10-8-19)22(30)15-18-5-3-2-4-6-18/h2-10,17,20,24,28-29H,11-16H2,1H3,(H,26,32)/t17-,24+/m1/s1. The van der Waals surface area contributed by atoms with Gasteiger partial charge >= 0.3 is 6.03 Å². The Balaban J connectivity index is 1.53. The van der Waals surface area contributed by atoms with E-state index in [0.29, 0.717) is 25.1 Å². The summed E-state index contributed by atoms with van der Waals surface area (Å²) in [5.41, 5.74) is 2.82. The number of piperidine rings is 1. The first-order valence-corrected chi connectivity index (χ1v) is 10.9. The highest BCUT2D eigenvalue weighted by molar-refractivity contribution is 5.97. The van der Waals surface area contributed by atoms with Gasteiger partial charge in [-0.2, -0.15) is 0 Å². The van der Waals surface area contributed by atoms with Crippen LogP contribution in [0.4, 0.5) is 4.79 Å². The first kappa shape index (κ1) is 23.6. The molecule has 2 aromatic carbocycles. The normalized spacial score (nSPS) is 16.3. The Morgan fingerprint density at radius 2 is 1.66 bits per heavy atom. The summed E-state index contributed by atoms with van der Waals surface area (Å²) in [5.74, 6) is -0.256. The maximum absolute atomic E-state index is 12.5. The van der Waals surface area contributed by atoms with Gasteiger partial charge in [-0.25, -0.2) is 4.79 Å². The van der Waals surface area contributed by atoms with E-state index in [2.05, 4.69) is 5.32 Å². The average molecular weight is 439 g/mol. The molecule has 32 heavy (non-hydrogen) atoms. The number of nitrogens with one attached hydrogen (secondary N) is 1. The minimum atomic E-state index is -1.12. The van der Waals surface area contributed by atoms with Crippen molar-refractivity contribution in [2.75, 3.05) is 19.7 Å². The number of likely N-dealkylation sites (tertiary alicyclic amines) is 1. The van der Waals surface area contributed by atoms with Crippen LogP contribution in [-0.2, 0) is 11.2 Å². The number of hydrogen-bond acceptors (Lipinski definition) is 5. The van der Waals surface area contributed by atoms with Crippen molar-refractivity contribution in [3.8, 4) is 0 Å². The highest BCUT2D eigenvalue weighted by Gasteiger charge is 2.29. The summed E-state index contributed by atoms with van der Waals surface area (Å²) < 4.78 is 0. The zero-order chi connectivity index (χ0) is 23.1. The maximum atomic E-state index is 12.5. The van der Waals surface area contributed by atoms with E-state index in [1.807, 2.05) is 54.6 Å². The van der Waals surface area contributed by atoms with Crippen LogP contribution < -0.4 is 5.32 Å². The molecule has 2 amide bonds. The van der Waals surface area contributed by atoms with Gasteiger partial charge in [-0.05, 0) is 36.8 Å². The number of hydrogen-bond donors (Lipinski definition) is 3. The number of aliphatic hydroxyl groups is 2. The van der Waals surface area contributed by atoms with Gasteiger partial charge in [0.15, 0.2) is 11.6 Å². The van der Waals surface area contributed by atoms with Gasteiger partial charge in [-0.15, -0.1) is 0 Å². The quantitative estimate of drug-likeness (QED) is 0.549. The van der Waals surface area contributed by atoms with Crippen molar-refractivity contribution in [1.82, 2.24) is 10.2 Å². The number of aliphatic hydroxyl groups excluding tert-OH is 2. The number of carbonyl (C=O) groups is 3. The number of ketones is 2.